The van der Waals surface area contributed by atoms with Crippen LogP contribution in [0.1, 0.15) is 29.6 Å². The molecule has 44 heavy (non-hydrogen) atoms. The maximum atomic E-state index is 15.1. The van der Waals surface area contributed by atoms with E-state index in [-0.39, 0.29) is 49.9 Å². The zero-order valence-corrected chi connectivity index (χ0v) is 24.6. The van der Waals surface area contributed by atoms with Gasteiger partial charge in [-0.3, -0.25) is 14.5 Å². The van der Waals surface area contributed by atoms with E-state index in [0.717, 1.165) is 6.29 Å². The third-order valence-corrected chi connectivity index (χ3v) is 7.53. The number of amides is 2. The van der Waals surface area contributed by atoms with Crippen LogP contribution in [0.2, 0.25) is 0 Å². The first kappa shape index (κ1) is 32.7. The average molecular weight is 635 g/mol. The number of ether oxygens (including phenoxy) is 1. The van der Waals surface area contributed by atoms with Gasteiger partial charge in [0.05, 0.1) is 31.0 Å². The largest absolute Gasteiger partial charge is 0.442 e. The van der Waals surface area contributed by atoms with Gasteiger partial charge in [-0.2, -0.15) is 0 Å². The van der Waals surface area contributed by atoms with E-state index in [0.29, 0.717) is 49.5 Å². The van der Waals surface area contributed by atoms with Crippen LogP contribution in [0.25, 0.3) is 0 Å². The minimum Gasteiger partial charge on any atom is -0.442 e. The molecular weight excluding hydrogens is 601 g/mol. The van der Waals surface area contributed by atoms with Gasteiger partial charge in [0.2, 0.25) is 5.91 Å². The lowest BCUT2D eigenvalue weighted by Crippen LogP contribution is -2.49. The van der Waals surface area contributed by atoms with Gasteiger partial charge in [0.15, 0.2) is 5.78 Å². The molecule has 0 aliphatic carbocycles. The van der Waals surface area contributed by atoms with Crippen molar-refractivity contribution in [3.8, 4) is 0 Å². The van der Waals surface area contributed by atoms with Crippen LogP contribution in [-0.2, 0) is 14.3 Å². The zero-order valence-electron chi connectivity index (χ0n) is 23.8. The summed E-state index contributed by atoms with van der Waals surface area (Å²) in [5.74, 6) is -0.686. The molecule has 2 aliphatic rings. The molecule has 4 rings (SSSR count). The molecule has 236 valence electrons. The van der Waals surface area contributed by atoms with Crippen molar-refractivity contribution in [2.24, 2.45) is 0 Å². The van der Waals surface area contributed by atoms with E-state index in [4.69, 9.17) is 4.74 Å². The molecule has 2 fully saturated rings. The lowest BCUT2D eigenvalue weighted by atomic mass is 10.0. The molecule has 1 atom stereocenters. The molecule has 3 N–H and O–H groups in total. The van der Waals surface area contributed by atoms with Gasteiger partial charge in [-0.15, -0.1) is 0 Å². The number of piperazine rings is 1. The predicted molar refractivity (Wildman–Crippen MR) is 162 cm³/mol. The summed E-state index contributed by atoms with van der Waals surface area (Å²) >= 11 is 4.53. The summed E-state index contributed by atoms with van der Waals surface area (Å²) in [7, 11) is 0. The fourth-order valence-corrected chi connectivity index (χ4v) is 4.97. The molecule has 2 aromatic rings. The second kappa shape index (κ2) is 15.5. The molecule has 2 amide bonds. The minimum absolute atomic E-state index is 0.0494. The second-order valence-electron chi connectivity index (χ2n) is 10.2. The van der Waals surface area contributed by atoms with Crippen molar-refractivity contribution in [2.75, 3.05) is 61.0 Å². The number of hydrazine groups is 1. The number of nitrogens with one attached hydrogen (secondary N) is 3. The Kier molecular flexibility index (Phi) is 11.5. The number of anilines is 3. The Hall–Kier alpha value is -4.24. The first-order valence-electron chi connectivity index (χ1n) is 14.1. The lowest BCUT2D eigenvalue weighted by Gasteiger charge is -2.36. The topological polar surface area (TPSA) is 123 Å². The summed E-state index contributed by atoms with van der Waals surface area (Å²) < 4.78 is 45.5. The highest BCUT2D eigenvalue weighted by atomic mass is 32.1. The number of alkyl halides is 2. The molecule has 0 saturated carbocycles. The Morgan fingerprint density at radius 3 is 2.45 bits per heavy atom. The van der Waals surface area contributed by atoms with E-state index >= 15 is 4.39 Å². The Morgan fingerprint density at radius 2 is 1.80 bits per heavy atom. The van der Waals surface area contributed by atoms with Crippen molar-refractivity contribution in [1.29, 1.82) is 0 Å². The van der Waals surface area contributed by atoms with Crippen molar-refractivity contribution in [3.63, 3.8) is 0 Å². The molecule has 0 radical (unpaired) electrons. The fraction of sp³-hybridized carbons (Fsp3) is 0.414. The molecule has 0 unspecified atom stereocenters. The molecule has 2 heterocycles. The van der Waals surface area contributed by atoms with Gasteiger partial charge in [0, 0.05) is 50.3 Å². The second-order valence-corrected chi connectivity index (χ2v) is 10.6. The van der Waals surface area contributed by atoms with E-state index in [1.54, 1.807) is 41.3 Å². The maximum absolute atomic E-state index is 15.1. The van der Waals surface area contributed by atoms with Gasteiger partial charge in [0.1, 0.15) is 23.2 Å². The fourth-order valence-electron chi connectivity index (χ4n) is 4.88. The van der Waals surface area contributed by atoms with E-state index in [2.05, 4.69) is 28.4 Å². The summed E-state index contributed by atoms with van der Waals surface area (Å²) in [6.07, 6.45) is -2.67. The first-order valence-corrected chi connectivity index (χ1v) is 14.5. The number of benzene rings is 2. The van der Waals surface area contributed by atoms with Crippen LogP contribution in [0.4, 0.5) is 35.0 Å². The van der Waals surface area contributed by atoms with E-state index in [9.17, 15) is 28.0 Å². The van der Waals surface area contributed by atoms with Crippen molar-refractivity contribution in [2.45, 2.75) is 31.8 Å². The standard InChI is InChI=1S/C29H33F3N6O5S/c30-23-16-21(38-18-22(43-29(38)42)17-33-28(44)27(31)32)8-9-24(23)36-11-13-37(14-12-36)26(41)3-1-2-25(40)19-4-6-20(7-5-19)35-34-10-15-39/h4-9,15-16,22,27,34-35H,1-3,10-14,17-18H2,(H,33,44)/t22-/m0/s1. The number of hydrogen-bond donors (Lipinski definition) is 3. The van der Waals surface area contributed by atoms with Crippen LogP contribution in [-0.4, -0.2) is 92.3 Å². The molecule has 11 nitrogen and oxygen atoms in total. The molecule has 0 aromatic heterocycles. The third kappa shape index (κ3) is 8.66. The molecule has 2 aromatic carbocycles. The smallest absolute Gasteiger partial charge is 0.414 e. The molecule has 15 heteroatoms. The zero-order chi connectivity index (χ0) is 31.6. The summed E-state index contributed by atoms with van der Waals surface area (Å²) in [5.41, 5.74) is 7.41. The monoisotopic (exact) mass is 634 g/mol. The summed E-state index contributed by atoms with van der Waals surface area (Å²) in [5, 5.41) is 2.37. The van der Waals surface area contributed by atoms with Crippen LogP contribution in [0.5, 0.6) is 0 Å². The molecule has 2 saturated heterocycles. The van der Waals surface area contributed by atoms with Gasteiger partial charge in [0.25, 0.3) is 6.43 Å². The number of nitrogens with zero attached hydrogens (tertiary/aromatic N) is 3. The average Bonchev–Trinajstić information content (AvgIpc) is 3.40. The van der Waals surface area contributed by atoms with Crippen molar-refractivity contribution in [3.05, 3.63) is 53.8 Å². The summed E-state index contributed by atoms with van der Waals surface area (Å²) in [4.78, 5) is 52.0. The van der Waals surface area contributed by atoms with Crippen LogP contribution in [0.15, 0.2) is 42.5 Å². The number of ketones is 1. The van der Waals surface area contributed by atoms with Crippen molar-refractivity contribution >= 4 is 58.3 Å². The third-order valence-electron chi connectivity index (χ3n) is 7.21. The Labute approximate surface area is 257 Å². The normalized spacial score (nSPS) is 16.6. The number of halogens is 3. The number of carbonyl (C=O) groups is 4. The van der Waals surface area contributed by atoms with E-state index in [1.165, 1.54) is 11.0 Å². The lowest BCUT2D eigenvalue weighted by molar-refractivity contribution is -0.131. The summed E-state index contributed by atoms with van der Waals surface area (Å²) in [6.45, 7) is 1.73. The number of cyclic esters (lactones) is 1. The highest BCUT2D eigenvalue weighted by molar-refractivity contribution is 7.80. The highest BCUT2D eigenvalue weighted by Gasteiger charge is 2.33. The quantitative estimate of drug-likeness (QED) is 0.0939. The van der Waals surface area contributed by atoms with Crippen LogP contribution in [0, 0.1) is 5.82 Å². The van der Waals surface area contributed by atoms with Crippen molar-refractivity contribution < 1.29 is 37.1 Å². The number of thiocarbonyl (C=S) groups is 1. The Bertz CT molecular complexity index is 1360. The maximum Gasteiger partial charge on any atom is 0.414 e. The van der Waals surface area contributed by atoms with Crippen LogP contribution in [0.3, 0.4) is 0 Å². The number of carbonyl (C=O) groups excluding carboxylic acids is 4. The first-order chi connectivity index (χ1) is 21.2. The van der Waals surface area contributed by atoms with Gasteiger partial charge in [-0.1, -0.05) is 12.2 Å². The number of Topliss-reactive ketones (excluding diaryl/α,β-unsaturated/α-hetero) is 1. The predicted octanol–water partition coefficient (Wildman–Crippen LogP) is 3.15. The van der Waals surface area contributed by atoms with Crippen molar-refractivity contribution in [1.82, 2.24) is 15.6 Å². The minimum atomic E-state index is -2.81. The summed E-state index contributed by atoms with van der Waals surface area (Å²) in [6, 6.07) is 11.2. The SMILES string of the molecule is O=CCNNc1ccc(C(=O)CCCC(=O)N2CCN(c3ccc(N4C[C@H](CNC(=S)C(F)F)OC4=O)cc3F)CC2)cc1. The molecule has 0 spiro atoms. The van der Waals surface area contributed by atoms with E-state index in [1.807, 2.05) is 4.90 Å². The Morgan fingerprint density at radius 1 is 1.07 bits per heavy atom. The van der Waals surface area contributed by atoms with Gasteiger partial charge in [-0.25, -0.2) is 23.4 Å². The number of hydrogen-bond acceptors (Lipinski definition) is 9. The number of aldehydes is 1. The van der Waals surface area contributed by atoms with Crippen LogP contribution < -0.4 is 26.0 Å². The Balaban J connectivity index is 1.20. The highest BCUT2D eigenvalue weighted by Crippen LogP contribution is 2.28. The van der Waals surface area contributed by atoms with Gasteiger partial charge < -0.3 is 30.1 Å². The molecule has 0 bridgehead atoms. The van der Waals surface area contributed by atoms with Gasteiger partial charge >= 0.3 is 6.09 Å². The molecular formula is C29H33F3N6O5S. The van der Waals surface area contributed by atoms with Crippen LogP contribution >= 0.6 is 12.2 Å². The van der Waals surface area contributed by atoms with Gasteiger partial charge in [-0.05, 0) is 48.9 Å². The van der Waals surface area contributed by atoms with E-state index < -0.39 is 29.4 Å². The molecule has 2 aliphatic heterocycles. The number of rotatable bonds is 14.